The van der Waals surface area contributed by atoms with Crippen molar-refractivity contribution >= 4 is 23.4 Å². The molecule has 0 aliphatic carbocycles. The van der Waals surface area contributed by atoms with Gasteiger partial charge in [-0.2, -0.15) is 4.98 Å². The molecule has 1 unspecified atom stereocenters. The van der Waals surface area contributed by atoms with Gasteiger partial charge in [-0.05, 0) is 6.42 Å². The second-order valence-corrected chi connectivity index (χ2v) is 4.44. The Morgan fingerprint density at radius 2 is 2.20 bits per heavy atom. The average molecular weight is 285 g/mol. The lowest BCUT2D eigenvalue weighted by Crippen LogP contribution is -2.46. The van der Waals surface area contributed by atoms with Gasteiger partial charge in [0.25, 0.3) is 5.97 Å². The molecular weight excluding hydrogens is 270 g/mol. The first-order valence-corrected chi connectivity index (χ1v) is 5.80. The molecule has 0 fully saturated rings. The largest absolute Gasteiger partial charge is 0.374 e. The fraction of sp³-hybridized carbons (Fsp3) is 0.500. The Kier molecular flexibility index (Phi) is 3.72. The molecule has 10 nitrogen and oxygen atoms in total. The van der Waals surface area contributed by atoms with Gasteiger partial charge in [-0.25, -0.2) is 4.98 Å². The number of carbonyl (C=O) groups is 1. The van der Waals surface area contributed by atoms with Crippen molar-refractivity contribution in [1.29, 1.82) is 0 Å². The van der Waals surface area contributed by atoms with Crippen molar-refractivity contribution < 1.29 is 25.2 Å². The van der Waals surface area contributed by atoms with E-state index in [1.54, 1.807) is 0 Å². The van der Waals surface area contributed by atoms with Crippen LogP contribution in [0, 0.1) is 0 Å². The minimum absolute atomic E-state index is 0.0297. The van der Waals surface area contributed by atoms with Crippen LogP contribution in [0.15, 0.2) is 6.20 Å². The third kappa shape index (κ3) is 3.30. The van der Waals surface area contributed by atoms with Gasteiger partial charge in [0.2, 0.25) is 11.9 Å². The molecule has 1 aliphatic rings. The number of nitrogen functional groups attached to an aromatic ring is 1. The van der Waals surface area contributed by atoms with E-state index in [9.17, 15) is 9.90 Å². The van der Waals surface area contributed by atoms with E-state index >= 15 is 0 Å². The first-order chi connectivity index (χ1) is 9.26. The van der Waals surface area contributed by atoms with Crippen molar-refractivity contribution in [3.8, 4) is 0 Å². The molecule has 7 N–H and O–H groups in total. The van der Waals surface area contributed by atoms with E-state index in [0.29, 0.717) is 0 Å². The number of aromatic nitrogens is 2. The maximum Gasteiger partial charge on any atom is 0.275 e. The maximum absolute atomic E-state index is 11.5. The van der Waals surface area contributed by atoms with Crippen LogP contribution in [-0.2, 0) is 4.79 Å². The highest BCUT2D eigenvalue weighted by molar-refractivity contribution is 6.00. The summed E-state index contributed by atoms with van der Waals surface area (Å²) in [6.07, 6.45) is -0.634. The third-order valence-electron chi connectivity index (χ3n) is 2.75. The van der Waals surface area contributed by atoms with Crippen molar-refractivity contribution in [3.05, 3.63) is 6.20 Å². The Morgan fingerprint density at radius 1 is 1.50 bits per heavy atom. The highest BCUT2D eigenvalue weighted by atomic mass is 16.7. The molecule has 0 bridgehead atoms. The minimum Gasteiger partial charge on any atom is -0.374 e. The van der Waals surface area contributed by atoms with E-state index in [4.69, 9.17) is 21.1 Å². The number of aliphatic hydroxyl groups is 4. The van der Waals surface area contributed by atoms with E-state index in [1.165, 1.54) is 11.1 Å². The predicted molar refractivity (Wildman–Crippen MR) is 67.0 cm³/mol. The highest BCUT2D eigenvalue weighted by Gasteiger charge is 2.30. The number of aliphatic hydroxyl groups excluding tert-OH is 1. The van der Waals surface area contributed by atoms with Gasteiger partial charge in [0.05, 0.1) is 6.20 Å². The van der Waals surface area contributed by atoms with Gasteiger partial charge < -0.3 is 36.4 Å². The standard InChI is InChI=1S/C10H15N5O5/c11-9-12-3-5-8(14-9)15(4-6(16)13-5)7(17)1-2-10(18,19)20/h3,7,17-20H,1-2,4H2,(H,13,16)(H2,11,12,14). The topological polar surface area (TPSA) is 165 Å². The van der Waals surface area contributed by atoms with E-state index in [2.05, 4.69) is 15.3 Å². The summed E-state index contributed by atoms with van der Waals surface area (Å²) in [6.45, 7) is -0.181. The third-order valence-corrected chi connectivity index (χ3v) is 2.75. The smallest absolute Gasteiger partial charge is 0.275 e. The summed E-state index contributed by atoms with van der Waals surface area (Å²) in [5, 5.41) is 39.0. The van der Waals surface area contributed by atoms with Crippen molar-refractivity contribution in [2.75, 3.05) is 22.5 Å². The van der Waals surface area contributed by atoms with E-state index in [-0.39, 0.29) is 36.3 Å². The van der Waals surface area contributed by atoms with Gasteiger partial charge in [0.1, 0.15) is 18.5 Å². The molecule has 1 atom stereocenters. The number of hydrogen-bond donors (Lipinski definition) is 6. The summed E-state index contributed by atoms with van der Waals surface area (Å²) in [5.41, 5.74) is 5.75. The first-order valence-electron chi connectivity index (χ1n) is 5.80. The lowest BCUT2D eigenvalue weighted by Gasteiger charge is -2.33. The summed E-state index contributed by atoms with van der Waals surface area (Å²) in [7, 11) is 0. The fourth-order valence-corrected chi connectivity index (χ4v) is 1.84. The summed E-state index contributed by atoms with van der Waals surface area (Å²) in [4.78, 5) is 20.4. The van der Waals surface area contributed by atoms with Crippen LogP contribution in [0.1, 0.15) is 12.8 Å². The zero-order valence-corrected chi connectivity index (χ0v) is 10.4. The van der Waals surface area contributed by atoms with Crippen LogP contribution in [0.3, 0.4) is 0 Å². The summed E-state index contributed by atoms with van der Waals surface area (Å²) < 4.78 is 0. The zero-order chi connectivity index (χ0) is 14.9. The molecule has 2 heterocycles. The number of rotatable bonds is 4. The number of nitrogens with one attached hydrogen (secondary N) is 1. The molecule has 0 saturated heterocycles. The molecule has 20 heavy (non-hydrogen) atoms. The molecular formula is C10H15N5O5. The number of amides is 1. The van der Waals surface area contributed by atoms with Crippen molar-refractivity contribution in [2.24, 2.45) is 0 Å². The van der Waals surface area contributed by atoms with Gasteiger partial charge in [0.15, 0.2) is 5.82 Å². The second-order valence-electron chi connectivity index (χ2n) is 4.44. The van der Waals surface area contributed by atoms with Gasteiger partial charge in [-0.15, -0.1) is 0 Å². The molecule has 1 aliphatic heterocycles. The zero-order valence-electron chi connectivity index (χ0n) is 10.4. The van der Waals surface area contributed by atoms with Crippen LogP contribution in [-0.4, -0.2) is 55.0 Å². The molecule has 1 amide bonds. The summed E-state index contributed by atoms with van der Waals surface area (Å²) in [5.74, 6) is -3.07. The van der Waals surface area contributed by atoms with Crippen molar-refractivity contribution in [1.82, 2.24) is 9.97 Å². The monoisotopic (exact) mass is 285 g/mol. The van der Waals surface area contributed by atoms with E-state index in [0.717, 1.165) is 0 Å². The normalized spacial score (nSPS) is 16.6. The highest BCUT2D eigenvalue weighted by Crippen LogP contribution is 2.29. The van der Waals surface area contributed by atoms with Crippen LogP contribution in [0.25, 0.3) is 0 Å². The van der Waals surface area contributed by atoms with Gasteiger partial charge in [-0.3, -0.25) is 4.79 Å². The Morgan fingerprint density at radius 3 is 2.85 bits per heavy atom. The number of anilines is 3. The second kappa shape index (κ2) is 5.17. The minimum atomic E-state index is -2.88. The lowest BCUT2D eigenvalue weighted by atomic mass is 10.2. The summed E-state index contributed by atoms with van der Waals surface area (Å²) in [6, 6.07) is 0. The molecule has 0 saturated carbocycles. The Labute approximate surface area is 113 Å². The van der Waals surface area contributed by atoms with Crippen LogP contribution >= 0.6 is 0 Å². The molecule has 2 rings (SSSR count). The molecule has 1 aromatic heterocycles. The molecule has 0 aromatic carbocycles. The van der Waals surface area contributed by atoms with Crippen LogP contribution < -0.4 is 16.0 Å². The predicted octanol–water partition coefficient (Wildman–Crippen LogP) is -2.45. The Hall–Kier alpha value is -2.01. The quantitative estimate of drug-likeness (QED) is 0.329. The summed E-state index contributed by atoms with van der Waals surface area (Å²) >= 11 is 0. The SMILES string of the molecule is Nc1ncc2c(n1)N(C(O)CCC(O)(O)O)CC(=O)N2. The first kappa shape index (κ1) is 14.4. The number of nitrogens with two attached hydrogens (primary N) is 1. The molecule has 0 radical (unpaired) electrons. The van der Waals surface area contributed by atoms with E-state index < -0.39 is 18.6 Å². The molecule has 110 valence electrons. The molecule has 10 heteroatoms. The van der Waals surface area contributed by atoms with Crippen LogP contribution in [0.4, 0.5) is 17.5 Å². The molecule has 0 spiro atoms. The van der Waals surface area contributed by atoms with Crippen molar-refractivity contribution in [2.45, 2.75) is 25.0 Å². The van der Waals surface area contributed by atoms with Gasteiger partial charge >= 0.3 is 0 Å². The van der Waals surface area contributed by atoms with Crippen molar-refractivity contribution in [3.63, 3.8) is 0 Å². The van der Waals surface area contributed by atoms with Gasteiger partial charge in [-0.1, -0.05) is 0 Å². The van der Waals surface area contributed by atoms with Crippen LogP contribution in [0.5, 0.6) is 0 Å². The van der Waals surface area contributed by atoms with Crippen LogP contribution in [0.2, 0.25) is 0 Å². The lowest BCUT2D eigenvalue weighted by molar-refractivity contribution is -0.316. The number of hydrogen-bond acceptors (Lipinski definition) is 9. The fourth-order valence-electron chi connectivity index (χ4n) is 1.84. The maximum atomic E-state index is 11.5. The Balaban J connectivity index is 2.19. The number of carbonyl (C=O) groups excluding carboxylic acids is 1. The van der Waals surface area contributed by atoms with Gasteiger partial charge in [0, 0.05) is 6.42 Å². The number of fused-ring (bicyclic) bond motifs is 1. The average Bonchev–Trinajstić information content (AvgIpc) is 2.34. The molecule has 1 aromatic rings. The number of nitrogens with zero attached hydrogens (tertiary/aromatic N) is 3. The van der Waals surface area contributed by atoms with E-state index in [1.807, 2.05) is 0 Å². The Bertz CT molecular complexity index is 517.